The zero-order valence-corrected chi connectivity index (χ0v) is 22.2. The number of nitrogens with zero attached hydrogens (tertiary/aromatic N) is 2. The Hall–Kier alpha value is -4.02. The molecule has 10 heteroatoms. The summed E-state index contributed by atoms with van der Waals surface area (Å²) in [6.45, 7) is 5.04. The lowest BCUT2D eigenvalue weighted by atomic mass is 9.83. The highest BCUT2D eigenvalue weighted by Crippen LogP contribution is 2.43. The Balaban J connectivity index is 1.35. The predicted octanol–water partition coefficient (Wildman–Crippen LogP) is 3.77. The lowest BCUT2D eigenvalue weighted by Gasteiger charge is -2.49. The second kappa shape index (κ2) is 11.0. The van der Waals surface area contributed by atoms with Gasteiger partial charge in [0.15, 0.2) is 11.3 Å². The van der Waals surface area contributed by atoms with Crippen LogP contribution in [0.3, 0.4) is 0 Å². The molecule has 1 saturated heterocycles. The van der Waals surface area contributed by atoms with Gasteiger partial charge in [-0.15, -0.1) is 0 Å². The first kappa shape index (κ1) is 26.6. The smallest absolute Gasteiger partial charge is 0.257 e. The van der Waals surface area contributed by atoms with Gasteiger partial charge in [0.2, 0.25) is 5.88 Å². The Morgan fingerprint density at radius 1 is 1.00 bits per heavy atom. The van der Waals surface area contributed by atoms with E-state index < -0.39 is 11.3 Å². The third-order valence-electron chi connectivity index (χ3n) is 7.19. The van der Waals surface area contributed by atoms with Gasteiger partial charge in [0.05, 0.1) is 24.3 Å². The van der Waals surface area contributed by atoms with Crippen LogP contribution in [0, 0.1) is 0 Å². The number of carbonyl (C=O) groups excluding carboxylic acids is 2. The maximum absolute atomic E-state index is 13.4. The van der Waals surface area contributed by atoms with Gasteiger partial charge in [-0.25, -0.2) is 4.98 Å². The lowest BCUT2D eigenvalue weighted by Crippen LogP contribution is -2.68. The van der Waals surface area contributed by atoms with E-state index in [-0.39, 0.29) is 24.3 Å². The molecule has 1 fully saturated rings. The summed E-state index contributed by atoms with van der Waals surface area (Å²) >= 11 is 0. The van der Waals surface area contributed by atoms with Crippen molar-refractivity contribution >= 4 is 17.5 Å². The molecule has 0 saturated carbocycles. The monoisotopic (exact) mass is 532 g/mol. The van der Waals surface area contributed by atoms with Crippen molar-refractivity contribution in [2.45, 2.75) is 50.5 Å². The van der Waals surface area contributed by atoms with Crippen molar-refractivity contribution in [1.82, 2.24) is 15.3 Å². The molecule has 39 heavy (non-hydrogen) atoms. The van der Waals surface area contributed by atoms with Crippen molar-refractivity contribution in [2.75, 3.05) is 25.6 Å². The number of aromatic nitrogens is 2. The van der Waals surface area contributed by atoms with E-state index >= 15 is 0 Å². The summed E-state index contributed by atoms with van der Waals surface area (Å²) in [5, 5.41) is 5.98. The third-order valence-corrected chi connectivity index (χ3v) is 7.19. The van der Waals surface area contributed by atoms with Gasteiger partial charge in [-0.3, -0.25) is 14.6 Å². The molecule has 0 aliphatic carbocycles. The fourth-order valence-electron chi connectivity index (χ4n) is 4.84. The van der Waals surface area contributed by atoms with Gasteiger partial charge in [0.1, 0.15) is 11.9 Å². The summed E-state index contributed by atoms with van der Waals surface area (Å²) in [7, 11) is 1.52. The first-order chi connectivity index (χ1) is 18.8. The maximum Gasteiger partial charge on any atom is 0.257 e. The molecule has 2 amide bonds. The number of methoxy groups -OCH3 is 1. The highest BCUT2D eigenvalue weighted by Gasteiger charge is 2.53. The molecule has 0 spiro atoms. The minimum absolute atomic E-state index is 0.0517. The molecule has 5 rings (SSSR count). The Labute approximate surface area is 227 Å². The highest BCUT2D eigenvalue weighted by molar-refractivity contribution is 6.04. The molecule has 2 N–H and O–H groups in total. The summed E-state index contributed by atoms with van der Waals surface area (Å²) in [6.07, 6.45) is 6.50. The van der Waals surface area contributed by atoms with Crippen LogP contribution < -0.4 is 20.1 Å². The van der Waals surface area contributed by atoms with E-state index in [1.807, 2.05) is 26.0 Å². The van der Waals surface area contributed by atoms with Crippen molar-refractivity contribution in [3.8, 4) is 11.6 Å². The quantitative estimate of drug-likeness (QED) is 0.441. The van der Waals surface area contributed by atoms with Crippen molar-refractivity contribution < 1.29 is 28.5 Å². The van der Waals surface area contributed by atoms with Crippen LogP contribution in [0.4, 0.5) is 5.69 Å². The summed E-state index contributed by atoms with van der Waals surface area (Å²) in [5.74, 6) is 0.382. The minimum atomic E-state index is -1.25. The Bertz CT molecular complexity index is 1330. The molecule has 1 atom stereocenters. The summed E-state index contributed by atoms with van der Waals surface area (Å²) < 4.78 is 23.6. The second-order valence-electron chi connectivity index (χ2n) is 10.1. The van der Waals surface area contributed by atoms with Crippen molar-refractivity contribution in [1.29, 1.82) is 0 Å². The molecular weight excluding hydrogens is 500 g/mol. The van der Waals surface area contributed by atoms with E-state index in [0.29, 0.717) is 47.2 Å². The minimum Gasteiger partial charge on any atom is -0.482 e. The number of fused-ring (bicyclic) bond motifs is 1. The highest BCUT2D eigenvalue weighted by atomic mass is 16.6. The lowest BCUT2D eigenvalue weighted by molar-refractivity contribution is -0.161. The number of anilines is 1. The van der Waals surface area contributed by atoms with Gasteiger partial charge in [0, 0.05) is 62.3 Å². The molecular formula is C29H32N4O6. The van der Waals surface area contributed by atoms with E-state index in [9.17, 15) is 9.59 Å². The van der Waals surface area contributed by atoms with Crippen LogP contribution >= 0.6 is 0 Å². The van der Waals surface area contributed by atoms with E-state index in [2.05, 4.69) is 20.6 Å². The number of rotatable bonds is 7. The van der Waals surface area contributed by atoms with Crippen molar-refractivity contribution in [2.24, 2.45) is 0 Å². The Morgan fingerprint density at radius 3 is 2.49 bits per heavy atom. The molecule has 2 aliphatic heterocycles. The number of carbonyl (C=O) groups is 2. The zero-order valence-electron chi connectivity index (χ0n) is 22.2. The summed E-state index contributed by atoms with van der Waals surface area (Å²) in [5.41, 5.74) is -0.154. The van der Waals surface area contributed by atoms with Crippen LogP contribution in [0.2, 0.25) is 0 Å². The van der Waals surface area contributed by atoms with E-state index in [0.717, 1.165) is 12.8 Å². The average molecular weight is 533 g/mol. The Kier molecular flexibility index (Phi) is 7.49. The van der Waals surface area contributed by atoms with Crippen molar-refractivity contribution in [3.63, 3.8) is 0 Å². The number of hydrogen-bond donors (Lipinski definition) is 2. The van der Waals surface area contributed by atoms with Crippen LogP contribution in [0.25, 0.3) is 0 Å². The molecule has 0 radical (unpaired) electrons. The Morgan fingerprint density at radius 2 is 1.79 bits per heavy atom. The van der Waals surface area contributed by atoms with Gasteiger partial charge in [-0.1, -0.05) is 6.07 Å². The van der Waals surface area contributed by atoms with Crippen LogP contribution in [-0.2, 0) is 15.9 Å². The molecule has 0 bridgehead atoms. The molecule has 0 unspecified atom stereocenters. The van der Waals surface area contributed by atoms with Gasteiger partial charge in [0.25, 0.3) is 11.8 Å². The summed E-state index contributed by atoms with van der Waals surface area (Å²) in [4.78, 5) is 34.6. The van der Waals surface area contributed by atoms with Gasteiger partial charge < -0.3 is 29.6 Å². The number of nitrogens with one attached hydrogen (secondary N) is 2. The van der Waals surface area contributed by atoms with Gasteiger partial charge >= 0.3 is 0 Å². The number of ether oxygens (including phenoxy) is 4. The predicted molar refractivity (Wildman–Crippen MR) is 143 cm³/mol. The number of amides is 2. The summed E-state index contributed by atoms with van der Waals surface area (Å²) in [6, 6.07) is 12.2. The topological polar surface area (TPSA) is 121 Å². The average Bonchev–Trinajstić information content (AvgIpc) is 2.95. The normalized spacial score (nSPS) is 20.3. The number of benzene rings is 1. The fourth-order valence-corrected chi connectivity index (χ4v) is 4.84. The van der Waals surface area contributed by atoms with E-state index in [4.69, 9.17) is 18.9 Å². The largest absolute Gasteiger partial charge is 0.482 e. The van der Waals surface area contributed by atoms with Crippen LogP contribution in [0.1, 0.15) is 53.0 Å². The van der Waals surface area contributed by atoms with Crippen LogP contribution in [0.5, 0.6) is 11.6 Å². The fraction of sp³-hybridized carbons (Fsp3) is 0.379. The SMILES string of the molecule is CO[C@@]1(NC(=O)c2ccc(OC3CCOCC3)nc2)Cc2c(NC(=O)c3cccnc3)cccc2OC1(C)C. The number of hydrogen-bond acceptors (Lipinski definition) is 8. The standard InChI is InChI=1S/C29H32N4O6/c1-28(2)29(36-3,33-27(35)20-9-10-25(31-18-20)38-21-11-14-37-15-12-21)16-22-23(7-4-8-24(22)39-28)32-26(34)19-6-5-13-30-17-19/h4-10,13,17-18,21H,11-12,14-16H2,1-3H3,(H,32,34)(H,33,35)/t29-/m0/s1. The van der Waals surface area contributed by atoms with Crippen LogP contribution in [0.15, 0.2) is 61.1 Å². The van der Waals surface area contributed by atoms with Crippen molar-refractivity contribution in [3.05, 3.63) is 77.7 Å². The van der Waals surface area contributed by atoms with E-state index in [1.54, 1.807) is 36.5 Å². The first-order valence-corrected chi connectivity index (χ1v) is 12.9. The molecule has 2 aromatic heterocycles. The molecule has 3 aromatic rings. The zero-order chi connectivity index (χ0) is 27.5. The van der Waals surface area contributed by atoms with E-state index in [1.165, 1.54) is 19.5 Å². The molecule has 2 aliphatic rings. The number of pyridine rings is 2. The molecule has 4 heterocycles. The first-order valence-electron chi connectivity index (χ1n) is 12.9. The van der Waals surface area contributed by atoms with Crippen LogP contribution in [-0.4, -0.2) is 59.5 Å². The maximum atomic E-state index is 13.4. The van der Waals surface area contributed by atoms with Gasteiger partial charge in [-0.2, -0.15) is 0 Å². The third kappa shape index (κ3) is 5.57. The molecule has 1 aromatic carbocycles. The molecule has 204 valence electrons. The molecule has 10 nitrogen and oxygen atoms in total. The van der Waals surface area contributed by atoms with Gasteiger partial charge in [-0.05, 0) is 44.2 Å². The second-order valence-corrected chi connectivity index (χ2v) is 10.1.